The molecule has 1 atom stereocenters. The number of nitrogens with zero attached hydrogens (tertiary/aromatic N) is 1. The molecule has 1 aliphatic rings. The number of nitrogens with one attached hydrogen (secondary N) is 1. The van der Waals surface area contributed by atoms with E-state index in [0.717, 1.165) is 19.4 Å². The molecule has 1 unspecified atom stereocenters. The van der Waals surface area contributed by atoms with Gasteiger partial charge in [0.15, 0.2) is 0 Å². The van der Waals surface area contributed by atoms with Gasteiger partial charge in [0.25, 0.3) is 0 Å². The van der Waals surface area contributed by atoms with Gasteiger partial charge in [-0.05, 0) is 12.8 Å². The van der Waals surface area contributed by atoms with Crippen molar-refractivity contribution < 1.29 is 4.79 Å². The van der Waals surface area contributed by atoms with Crippen LogP contribution in [-0.2, 0) is 4.79 Å². The summed E-state index contributed by atoms with van der Waals surface area (Å²) in [6.45, 7) is 0.990. The predicted molar refractivity (Wildman–Crippen MR) is 38.0 cm³/mol. The molecule has 0 aromatic rings. The van der Waals surface area contributed by atoms with Gasteiger partial charge in [0.2, 0.25) is 5.91 Å². The summed E-state index contributed by atoms with van der Waals surface area (Å²) in [6, 6.07) is -0.154. The molecular weight excluding hydrogens is 130 g/mol. The van der Waals surface area contributed by atoms with Gasteiger partial charge in [-0.2, -0.15) is 0 Å². The van der Waals surface area contributed by atoms with Crippen molar-refractivity contribution in [2.75, 3.05) is 13.6 Å². The molecule has 1 fully saturated rings. The third-order valence-electron chi connectivity index (χ3n) is 1.71. The predicted octanol–water partition coefficient (Wildman–Crippen LogP) is -0.929. The number of hydrazine groups is 1. The summed E-state index contributed by atoms with van der Waals surface area (Å²) in [5.74, 6) is -0.258. The van der Waals surface area contributed by atoms with E-state index in [4.69, 9.17) is 5.73 Å². The summed E-state index contributed by atoms with van der Waals surface area (Å²) in [5, 5.41) is 1.90. The highest BCUT2D eigenvalue weighted by Gasteiger charge is 2.20. The standard InChI is InChI=1S/C6H13N3O/c1-9-4-2-3-5(8-9)6(7)10/h5,8H,2-4H2,1H3,(H2,7,10). The van der Waals surface area contributed by atoms with Crippen LogP contribution in [0.2, 0.25) is 0 Å². The van der Waals surface area contributed by atoms with Crippen molar-refractivity contribution in [2.24, 2.45) is 5.73 Å². The molecule has 0 bridgehead atoms. The Hall–Kier alpha value is -0.610. The van der Waals surface area contributed by atoms with Crippen LogP contribution in [-0.4, -0.2) is 30.6 Å². The van der Waals surface area contributed by atoms with Crippen LogP contribution in [0.15, 0.2) is 0 Å². The Morgan fingerprint density at radius 2 is 2.50 bits per heavy atom. The Morgan fingerprint density at radius 1 is 1.80 bits per heavy atom. The quantitative estimate of drug-likeness (QED) is 0.498. The minimum absolute atomic E-state index is 0.154. The van der Waals surface area contributed by atoms with Gasteiger partial charge in [-0.25, -0.2) is 10.4 Å². The van der Waals surface area contributed by atoms with Gasteiger partial charge >= 0.3 is 0 Å². The molecule has 58 valence electrons. The van der Waals surface area contributed by atoms with E-state index in [1.54, 1.807) is 0 Å². The van der Waals surface area contributed by atoms with Crippen LogP contribution in [0.1, 0.15) is 12.8 Å². The highest BCUT2D eigenvalue weighted by atomic mass is 16.1. The molecule has 0 radical (unpaired) electrons. The second kappa shape index (κ2) is 2.98. The SMILES string of the molecule is CN1CCCC(C(N)=O)N1. The van der Waals surface area contributed by atoms with Gasteiger partial charge in [-0.1, -0.05) is 0 Å². The number of primary amides is 1. The van der Waals surface area contributed by atoms with E-state index in [0.29, 0.717) is 0 Å². The topological polar surface area (TPSA) is 58.4 Å². The number of nitrogens with two attached hydrogens (primary N) is 1. The van der Waals surface area contributed by atoms with E-state index in [9.17, 15) is 4.79 Å². The number of rotatable bonds is 1. The van der Waals surface area contributed by atoms with Gasteiger partial charge in [0.1, 0.15) is 0 Å². The first-order chi connectivity index (χ1) is 4.70. The lowest BCUT2D eigenvalue weighted by atomic mass is 10.1. The van der Waals surface area contributed by atoms with Crippen LogP contribution < -0.4 is 11.2 Å². The molecule has 0 spiro atoms. The highest BCUT2D eigenvalue weighted by molar-refractivity contribution is 5.79. The van der Waals surface area contributed by atoms with E-state index < -0.39 is 0 Å². The summed E-state index contributed by atoms with van der Waals surface area (Å²) in [6.07, 6.45) is 1.90. The summed E-state index contributed by atoms with van der Waals surface area (Å²) in [7, 11) is 1.91. The van der Waals surface area contributed by atoms with Gasteiger partial charge < -0.3 is 5.73 Å². The van der Waals surface area contributed by atoms with E-state index in [2.05, 4.69) is 5.43 Å². The second-order valence-electron chi connectivity index (χ2n) is 2.65. The maximum Gasteiger partial charge on any atom is 0.235 e. The van der Waals surface area contributed by atoms with Crippen molar-refractivity contribution in [3.05, 3.63) is 0 Å². The number of carbonyl (C=O) groups is 1. The van der Waals surface area contributed by atoms with Crippen molar-refractivity contribution in [3.8, 4) is 0 Å². The molecule has 4 heteroatoms. The van der Waals surface area contributed by atoms with Crippen LogP contribution in [0.5, 0.6) is 0 Å². The van der Waals surface area contributed by atoms with E-state index in [1.807, 2.05) is 12.1 Å². The van der Waals surface area contributed by atoms with Gasteiger partial charge in [-0.15, -0.1) is 0 Å². The molecule has 1 aliphatic heterocycles. The van der Waals surface area contributed by atoms with Gasteiger partial charge in [-0.3, -0.25) is 4.79 Å². The fourth-order valence-corrected chi connectivity index (χ4v) is 1.13. The Kier molecular flexibility index (Phi) is 2.24. The lowest BCUT2D eigenvalue weighted by molar-refractivity contribution is -0.122. The van der Waals surface area contributed by atoms with Crippen molar-refractivity contribution in [1.82, 2.24) is 10.4 Å². The molecule has 1 heterocycles. The molecule has 0 aromatic heterocycles. The number of hydrogen-bond donors (Lipinski definition) is 2. The second-order valence-corrected chi connectivity index (χ2v) is 2.65. The van der Waals surface area contributed by atoms with Gasteiger partial charge in [0.05, 0.1) is 6.04 Å². The average molecular weight is 143 g/mol. The zero-order chi connectivity index (χ0) is 7.56. The third-order valence-corrected chi connectivity index (χ3v) is 1.71. The highest BCUT2D eigenvalue weighted by Crippen LogP contribution is 2.03. The van der Waals surface area contributed by atoms with Crippen molar-refractivity contribution in [3.63, 3.8) is 0 Å². The molecule has 10 heavy (non-hydrogen) atoms. The largest absolute Gasteiger partial charge is 0.368 e. The maximum atomic E-state index is 10.6. The number of hydrogen-bond acceptors (Lipinski definition) is 3. The molecule has 1 rings (SSSR count). The summed E-state index contributed by atoms with van der Waals surface area (Å²) < 4.78 is 0. The van der Waals surface area contributed by atoms with Crippen molar-refractivity contribution in [2.45, 2.75) is 18.9 Å². The Morgan fingerprint density at radius 3 is 2.90 bits per heavy atom. The Balaban J connectivity index is 2.39. The maximum absolute atomic E-state index is 10.6. The Labute approximate surface area is 60.3 Å². The minimum atomic E-state index is -0.258. The summed E-state index contributed by atoms with van der Waals surface area (Å²) >= 11 is 0. The van der Waals surface area contributed by atoms with Crippen LogP contribution in [0.3, 0.4) is 0 Å². The molecular formula is C6H13N3O. The lowest BCUT2D eigenvalue weighted by Crippen LogP contribution is -2.52. The molecule has 1 saturated heterocycles. The van der Waals surface area contributed by atoms with Gasteiger partial charge in [0, 0.05) is 13.6 Å². The van der Waals surface area contributed by atoms with Crippen molar-refractivity contribution >= 4 is 5.91 Å². The van der Waals surface area contributed by atoms with Crippen LogP contribution in [0.4, 0.5) is 0 Å². The van der Waals surface area contributed by atoms with E-state index >= 15 is 0 Å². The average Bonchev–Trinajstić information content (AvgIpc) is 1.88. The molecule has 0 saturated carbocycles. The molecule has 1 amide bonds. The van der Waals surface area contributed by atoms with Crippen molar-refractivity contribution in [1.29, 1.82) is 0 Å². The normalized spacial score (nSPS) is 28.3. The smallest absolute Gasteiger partial charge is 0.235 e. The zero-order valence-corrected chi connectivity index (χ0v) is 6.13. The van der Waals surface area contributed by atoms with E-state index in [1.165, 1.54) is 0 Å². The first-order valence-corrected chi connectivity index (χ1v) is 3.47. The van der Waals surface area contributed by atoms with Crippen LogP contribution in [0.25, 0.3) is 0 Å². The monoisotopic (exact) mass is 143 g/mol. The number of carbonyl (C=O) groups excluding carboxylic acids is 1. The summed E-state index contributed by atoms with van der Waals surface area (Å²) in [5.41, 5.74) is 8.08. The molecule has 0 aromatic carbocycles. The molecule has 3 N–H and O–H groups in total. The molecule has 4 nitrogen and oxygen atoms in total. The van der Waals surface area contributed by atoms with E-state index in [-0.39, 0.29) is 11.9 Å². The fourth-order valence-electron chi connectivity index (χ4n) is 1.13. The first-order valence-electron chi connectivity index (χ1n) is 3.47. The number of amides is 1. The molecule has 0 aliphatic carbocycles. The van der Waals surface area contributed by atoms with Crippen LogP contribution in [0, 0.1) is 0 Å². The Bertz CT molecular complexity index is 137. The lowest BCUT2D eigenvalue weighted by Gasteiger charge is -2.28. The first kappa shape index (κ1) is 7.50. The van der Waals surface area contributed by atoms with Crippen LogP contribution >= 0.6 is 0 Å². The fraction of sp³-hybridized carbons (Fsp3) is 0.833. The third kappa shape index (κ3) is 1.68. The summed E-state index contributed by atoms with van der Waals surface area (Å²) in [4.78, 5) is 10.6. The zero-order valence-electron chi connectivity index (χ0n) is 6.13. The minimum Gasteiger partial charge on any atom is -0.368 e.